The molecule has 0 unspecified atom stereocenters. The molecule has 1 aromatic carbocycles. The van der Waals surface area contributed by atoms with Gasteiger partial charge in [0.1, 0.15) is 10.4 Å². The van der Waals surface area contributed by atoms with Crippen LogP contribution < -0.4 is 0 Å². The number of alkyl halides is 3. The second kappa shape index (κ2) is 6.93. The van der Waals surface area contributed by atoms with Crippen molar-refractivity contribution < 1.29 is 31.5 Å². The van der Waals surface area contributed by atoms with Crippen molar-refractivity contribution in [1.29, 1.82) is 0 Å². The van der Waals surface area contributed by atoms with Crippen LogP contribution in [-0.2, 0) is 21.0 Å². The third-order valence-corrected chi connectivity index (χ3v) is 7.41. The summed E-state index contributed by atoms with van der Waals surface area (Å²) >= 11 is 5.87. The van der Waals surface area contributed by atoms with E-state index in [1.807, 2.05) is 0 Å². The van der Waals surface area contributed by atoms with Gasteiger partial charge < -0.3 is 5.11 Å². The topological polar surface area (TPSA) is 74.7 Å². The van der Waals surface area contributed by atoms with E-state index in [1.54, 1.807) is 20.8 Å². The molecule has 1 N–H and O–H groups in total. The summed E-state index contributed by atoms with van der Waals surface area (Å²) in [5.41, 5.74) is -3.76. The summed E-state index contributed by atoms with van der Waals surface area (Å²) in [4.78, 5) is 11.7. The van der Waals surface area contributed by atoms with Crippen LogP contribution in [-0.4, -0.2) is 35.9 Å². The number of carboxylic acid groups (broad SMARTS) is 1. The molecule has 2 rings (SSSR count). The average Bonchev–Trinajstić information content (AvgIpc) is 2.52. The van der Waals surface area contributed by atoms with Crippen molar-refractivity contribution >= 4 is 27.6 Å². The molecule has 10 heteroatoms. The van der Waals surface area contributed by atoms with Gasteiger partial charge in [-0.2, -0.15) is 17.5 Å². The fourth-order valence-electron chi connectivity index (χ4n) is 3.57. The zero-order valence-electron chi connectivity index (χ0n) is 15.1. The fourth-order valence-corrected chi connectivity index (χ4v) is 6.04. The standard InChI is InChI=1S/C17H21ClF3NO4S/c1-15(2,3)16(14(23)24)8-4-5-9-22(16)27(25,26)13-7-6-11(10-12(13)18)17(19,20)21/h6-7,10H,4-5,8-9H2,1-3H3,(H,23,24)/t16-/m1/s1. The van der Waals surface area contributed by atoms with E-state index in [0.29, 0.717) is 25.0 Å². The second-order valence-electron chi connectivity index (χ2n) is 7.59. The molecule has 1 aliphatic rings. The molecule has 152 valence electrons. The maximum Gasteiger partial charge on any atom is 0.416 e. The van der Waals surface area contributed by atoms with E-state index in [9.17, 15) is 31.5 Å². The number of piperidine rings is 1. The number of halogens is 4. The van der Waals surface area contributed by atoms with Gasteiger partial charge in [-0.15, -0.1) is 0 Å². The van der Waals surface area contributed by atoms with Crippen LogP contribution >= 0.6 is 11.6 Å². The quantitative estimate of drug-likeness (QED) is 0.775. The molecular weight excluding hydrogens is 407 g/mol. The van der Waals surface area contributed by atoms with Crippen LogP contribution in [0, 0.1) is 5.41 Å². The first-order chi connectivity index (χ1) is 12.2. The minimum absolute atomic E-state index is 0.0523. The summed E-state index contributed by atoms with van der Waals surface area (Å²) in [6.07, 6.45) is -3.60. The Kier molecular flexibility index (Phi) is 5.64. The summed E-state index contributed by atoms with van der Waals surface area (Å²) in [5.74, 6) is -1.29. The smallest absolute Gasteiger partial charge is 0.416 e. The highest BCUT2D eigenvalue weighted by Crippen LogP contribution is 2.46. The van der Waals surface area contributed by atoms with Crippen molar-refractivity contribution in [2.45, 2.75) is 56.6 Å². The highest BCUT2D eigenvalue weighted by Gasteiger charge is 2.58. The lowest BCUT2D eigenvalue weighted by atomic mass is 9.69. The van der Waals surface area contributed by atoms with Gasteiger partial charge in [0.05, 0.1) is 10.6 Å². The van der Waals surface area contributed by atoms with Crippen LogP contribution in [0.1, 0.15) is 45.6 Å². The van der Waals surface area contributed by atoms with Crippen LogP contribution in [0.2, 0.25) is 5.02 Å². The molecule has 1 aliphatic heterocycles. The second-order valence-corrected chi connectivity index (χ2v) is 9.83. The molecule has 0 saturated carbocycles. The van der Waals surface area contributed by atoms with Gasteiger partial charge in [-0.25, -0.2) is 8.42 Å². The van der Waals surface area contributed by atoms with Gasteiger partial charge in [0.15, 0.2) is 0 Å². The first kappa shape index (κ1) is 22.0. The molecule has 1 fully saturated rings. The number of sulfonamides is 1. The molecule has 1 aromatic rings. The van der Waals surface area contributed by atoms with Crippen LogP contribution in [0.4, 0.5) is 13.2 Å². The lowest BCUT2D eigenvalue weighted by Gasteiger charge is -2.50. The molecule has 0 amide bonds. The Morgan fingerprint density at radius 1 is 1.22 bits per heavy atom. The Labute approximate surface area is 161 Å². The molecule has 0 aliphatic carbocycles. The van der Waals surface area contributed by atoms with Crippen LogP contribution in [0.15, 0.2) is 23.1 Å². The highest BCUT2D eigenvalue weighted by molar-refractivity contribution is 7.89. The third-order valence-electron chi connectivity index (χ3n) is 5.00. The Hall–Kier alpha value is -1.32. The minimum Gasteiger partial charge on any atom is -0.480 e. The molecule has 27 heavy (non-hydrogen) atoms. The number of carboxylic acids is 1. The molecule has 1 atom stereocenters. The molecule has 1 heterocycles. The first-order valence-electron chi connectivity index (χ1n) is 8.29. The van der Waals surface area contributed by atoms with Gasteiger partial charge in [0, 0.05) is 6.54 Å². The Morgan fingerprint density at radius 3 is 2.26 bits per heavy atom. The van der Waals surface area contributed by atoms with Crippen LogP contribution in [0.5, 0.6) is 0 Å². The summed E-state index contributed by atoms with van der Waals surface area (Å²) in [7, 11) is -4.44. The summed E-state index contributed by atoms with van der Waals surface area (Å²) in [6.45, 7) is 4.83. The molecular formula is C17H21ClF3NO4S. The third kappa shape index (κ3) is 3.69. The molecule has 0 bridgehead atoms. The largest absolute Gasteiger partial charge is 0.480 e. The molecule has 5 nitrogen and oxygen atoms in total. The summed E-state index contributed by atoms with van der Waals surface area (Å²) < 4.78 is 65.9. The van der Waals surface area contributed by atoms with Crippen molar-refractivity contribution in [2.24, 2.45) is 5.41 Å². The number of rotatable bonds is 3. The van der Waals surface area contributed by atoms with E-state index in [4.69, 9.17) is 11.6 Å². The van der Waals surface area contributed by atoms with Gasteiger partial charge in [0.2, 0.25) is 10.0 Å². The van der Waals surface area contributed by atoms with E-state index < -0.39 is 48.6 Å². The van der Waals surface area contributed by atoms with Gasteiger partial charge in [-0.1, -0.05) is 32.4 Å². The highest BCUT2D eigenvalue weighted by atomic mass is 35.5. The molecule has 0 spiro atoms. The number of carbonyl (C=O) groups is 1. The number of nitrogens with zero attached hydrogens (tertiary/aromatic N) is 1. The molecule has 0 radical (unpaired) electrons. The van der Waals surface area contributed by atoms with Crippen molar-refractivity contribution in [3.63, 3.8) is 0 Å². The summed E-state index contributed by atoms with van der Waals surface area (Å²) in [6, 6.07) is 1.95. The summed E-state index contributed by atoms with van der Waals surface area (Å²) in [5, 5.41) is 9.34. The SMILES string of the molecule is CC(C)(C)[C@]1(C(=O)O)CCCCN1S(=O)(=O)c1ccc(C(F)(F)F)cc1Cl. The number of aliphatic carboxylic acids is 1. The lowest BCUT2D eigenvalue weighted by molar-refractivity contribution is -0.158. The van der Waals surface area contributed by atoms with Crippen LogP contribution in [0.25, 0.3) is 0 Å². The van der Waals surface area contributed by atoms with E-state index in [1.165, 1.54) is 0 Å². The van der Waals surface area contributed by atoms with Crippen molar-refractivity contribution in [1.82, 2.24) is 4.31 Å². The van der Waals surface area contributed by atoms with Crippen molar-refractivity contribution in [2.75, 3.05) is 6.54 Å². The molecule has 0 aromatic heterocycles. The van der Waals surface area contributed by atoms with Crippen LogP contribution in [0.3, 0.4) is 0 Å². The van der Waals surface area contributed by atoms with E-state index in [0.717, 1.165) is 10.4 Å². The zero-order chi connectivity index (χ0) is 20.8. The monoisotopic (exact) mass is 427 g/mol. The van der Waals surface area contributed by atoms with E-state index in [-0.39, 0.29) is 13.0 Å². The minimum atomic E-state index is -4.67. The average molecular weight is 428 g/mol. The predicted octanol–water partition coefficient (Wildman–Crippen LogP) is 4.40. The predicted molar refractivity (Wildman–Crippen MR) is 94.0 cm³/mol. The Balaban J connectivity index is 2.65. The Morgan fingerprint density at radius 2 is 1.81 bits per heavy atom. The number of hydrogen-bond donors (Lipinski definition) is 1. The van der Waals surface area contributed by atoms with Crippen molar-refractivity contribution in [3.8, 4) is 0 Å². The zero-order valence-corrected chi connectivity index (χ0v) is 16.7. The van der Waals surface area contributed by atoms with E-state index >= 15 is 0 Å². The number of benzene rings is 1. The lowest BCUT2D eigenvalue weighted by Crippen LogP contribution is -2.65. The van der Waals surface area contributed by atoms with Gasteiger partial charge in [-0.3, -0.25) is 4.79 Å². The first-order valence-corrected chi connectivity index (χ1v) is 10.1. The fraction of sp³-hybridized carbons (Fsp3) is 0.588. The number of hydrogen-bond acceptors (Lipinski definition) is 3. The Bertz CT molecular complexity index is 849. The van der Waals surface area contributed by atoms with Crippen molar-refractivity contribution in [3.05, 3.63) is 28.8 Å². The van der Waals surface area contributed by atoms with E-state index in [2.05, 4.69) is 0 Å². The maximum atomic E-state index is 13.2. The van der Waals surface area contributed by atoms with Gasteiger partial charge >= 0.3 is 12.1 Å². The normalized spacial score (nSPS) is 22.6. The molecule has 1 saturated heterocycles. The maximum absolute atomic E-state index is 13.2. The van der Waals surface area contributed by atoms with Gasteiger partial charge in [0.25, 0.3) is 0 Å². The van der Waals surface area contributed by atoms with Gasteiger partial charge in [-0.05, 0) is 42.9 Å².